The number of ether oxygens (including phenoxy) is 1. The predicted octanol–water partition coefficient (Wildman–Crippen LogP) is 2.97. The molecule has 102 valence electrons. The van der Waals surface area contributed by atoms with E-state index in [1.807, 2.05) is 0 Å². The van der Waals surface area contributed by atoms with Crippen LogP contribution in [0.2, 0.25) is 0 Å². The van der Waals surface area contributed by atoms with Gasteiger partial charge in [0, 0.05) is 30.0 Å². The number of rotatable bonds is 4. The Morgan fingerprint density at radius 3 is 2.33 bits per heavy atom. The topological polar surface area (TPSA) is 21.3 Å². The molecule has 3 atom stereocenters. The maximum absolute atomic E-state index is 6.02. The second kappa shape index (κ2) is 3.96. The van der Waals surface area contributed by atoms with Crippen molar-refractivity contribution in [3.8, 4) is 0 Å². The number of nitrogens with one attached hydrogen (secondary N) is 1. The molecule has 1 aliphatic heterocycles. The lowest BCUT2D eigenvalue weighted by Gasteiger charge is -2.61. The van der Waals surface area contributed by atoms with Crippen LogP contribution in [0.1, 0.15) is 52.4 Å². The highest BCUT2D eigenvalue weighted by Gasteiger charge is 2.59. The van der Waals surface area contributed by atoms with Gasteiger partial charge in [-0.3, -0.25) is 0 Å². The van der Waals surface area contributed by atoms with E-state index in [4.69, 9.17) is 4.74 Å². The van der Waals surface area contributed by atoms with E-state index in [0.717, 1.165) is 30.4 Å². The van der Waals surface area contributed by atoms with E-state index < -0.39 is 0 Å². The van der Waals surface area contributed by atoms with Crippen molar-refractivity contribution in [3.05, 3.63) is 0 Å². The zero-order valence-electron chi connectivity index (χ0n) is 11.8. The van der Waals surface area contributed by atoms with Gasteiger partial charge in [-0.25, -0.2) is 0 Å². The van der Waals surface area contributed by atoms with Crippen LogP contribution in [0.3, 0.4) is 0 Å². The van der Waals surface area contributed by atoms with E-state index in [9.17, 15) is 0 Å². The van der Waals surface area contributed by atoms with Gasteiger partial charge in [0.15, 0.2) is 0 Å². The first-order valence-electron chi connectivity index (χ1n) is 8.05. The van der Waals surface area contributed by atoms with Gasteiger partial charge in [0.1, 0.15) is 0 Å². The molecular weight excluding hydrogens is 222 g/mol. The Morgan fingerprint density at radius 1 is 1.06 bits per heavy atom. The molecule has 1 saturated heterocycles. The fourth-order valence-electron chi connectivity index (χ4n) is 4.64. The molecule has 0 spiro atoms. The minimum absolute atomic E-state index is 0.354. The zero-order valence-corrected chi connectivity index (χ0v) is 11.8. The van der Waals surface area contributed by atoms with Gasteiger partial charge in [0.2, 0.25) is 0 Å². The fourth-order valence-corrected chi connectivity index (χ4v) is 4.64. The second-order valence-electron chi connectivity index (χ2n) is 7.76. The third-order valence-electron chi connectivity index (χ3n) is 5.96. The summed E-state index contributed by atoms with van der Waals surface area (Å²) in [5, 5.41) is 4.09. The smallest absolute Gasteiger partial charge is 0.0684 e. The lowest BCUT2D eigenvalue weighted by molar-refractivity contribution is -0.195. The van der Waals surface area contributed by atoms with Gasteiger partial charge in [0.05, 0.1) is 6.10 Å². The molecule has 0 aromatic rings. The minimum Gasteiger partial charge on any atom is -0.377 e. The van der Waals surface area contributed by atoms with Crippen LogP contribution >= 0.6 is 0 Å². The van der Waals surface area contributed by atoms with E-state index in [-0.39, 0.29) is 0 Å². The van der Waals surface area contributed by atoms with Crippen molar-refractivity contribution in [2.24, 2.45) is 23.2 Å². The molecule has 2 heteroatoms. The summed E-state index contributed by atoms with van der Waals surface area (Å²) in [6, 6.07) is 1.56. The Morgan fingerprint density at radius 2 is 1.72 bits per heavy atom. The summed E-state index contributed by atoms with van der Waals surface area (Å²) in [6.07, 6.45) is 9.10. The summed E-state index contributed by atoms with van der Waals surface area (Å²) >= 11 is 0. The summed E-state index contributed by atoms with van der Waals surface area (Å²) in [5.74, 6) is 2.82. The molecule has 4 aliphatic rings. The van der Waals surface area contributed by atoms with Gasteiger partial charge in [-0.2, -0.15) is 0 Å². The zero-order chi connectivity index (χ0) is 12.3. The van der Waals surface area contributed by atoms with Crippen LogP contribution in [0, 0.1) is 23.2 Å². The molecule has 0 amide bonds. The van der Waals surface area contributed by atoms with Gasteiger partial charge < -0.3 is 10.1 Å². The van der Waals surface area contributed by atoms with Crippen LogP contribution in [-0.2, 0) is 4.74 Å². The highest BCUT2D eigenvalue weighted by Crippen LogP contribution is 2.53. The Hall–Kier alpha value is -0.0800. The molecule has 3 aliphatic carbocycles. The molecule has 3 unspecified atom stereocenters. The summed E-state index contributed by atoms with van der Waals surface area (Å²) < 4.78 is 6.02. The Kier molecular flexibility index (Phi) is 2.58. The van der Waals surface area contributed by atoms with Crippen LogP contribution in [0.4, 0.5) is 0 Å². The Bertz CT molecular complexity index is 320. The van der Waals surface area contributed by atoms with Crippen LogP contribution in [-0.4, -0.2) is 24.8 Å². The van der Waals surface area contributed by atoms with Crippen molar-refractivity contribution in [3.63, 3.8) is 0 Å². The van der Waals surface area contributed by atoms with Gasteiger partial charge in [-0.05, 0) is 50.4 Å². The average molecular weight is 249 g/mol. The van der Waals surface area contributed by atoms with Crippen LogP contribution in [0.25, 0.3) is 0 Å². The largest absolute Gasteiger partial charge is 0.377 e. The lowest BCUT2D eigenvalue weighted by atomic mass is 9.55. The van der Waals surface area contributed by atoms with Crippen molar-refractivity contribution in [1.29, 1.82) is 0 Å². The lowest BCUT2D eigenvalue weighted by Crippen LogP contribution is -2.70. The van der Waals surface area contributed by atoms with E-state index in [1.54, 1.807) is 0 Å². The summed E-state index contributed by atoms with van der Waals surface area (Å²) in [6.45, 7) is 5.81. The van der Waals surface area contributed by atoms with Crippen LogP contribution in [0.15, 0.2) is 0 Å². The van der Waals surface area contributed by atoms with Crippen molar-refractivity contribution in [1.82, 2.24) is 5.32 Å². The number of fused-ring (bicyclic) bond motifs is 1. The molecule has 0 radical (unpaired) electrons. The molecular formula is C16H27NO. The molecule has 3 saturated carbocycles. The van der Waals surface area contributed by atoms with Gasteiger partial charge in [0.25, 0.3) is 0 Å². The van der Waals surface area contributed by atoms with Gasteiger partial charge in [-0.15, -0.1) is 0 Å². The standard InChI is InChI=1S/C16H27NO/c1-16(2)14(12-4-3-9-18-15(12)16)17-13(10-5-6-10)11-7-8-11/h10-15,17H,3-9H2,1-2H3. The average Bonchev–Trinajstić information content (AvgIpc) is 3.23. The van der Waals surface area contributed by atoms with Gasteiger partial charge >= 0.3 is 0 Å². The quantitative estimate of drug-likeness (QED) is 0.827. The van der Waals surface area contributed by atoms with E-state index in [2.05, 4.69) is 19.2 Å². The molecule has 1 heterocycles. The summed E-state index contributed by atoms with van der Waals surface area (Å²) in [5.41, 5.74) is 0.354. The van der Waals surface area contributed by atoms with Crippen molar-refractivity contribution in [2.75, 3.05) is 6.61 Å². The van der Waals surface area contributed by atoms with Gasteiger partial charge in [-0.1, -0.05) is 13.8 Å². The molecule has 0 aromatic carbocycles. The molecule has 2 nitrogen and oxygen atoms in total. The molecule has 0 bridgehead atoms. The molecule has 18 heavy (non-hydrogen) atoms. The number of hydrogen-bond acceptors (Lipinski definition) is 2. The molecule has 1 N–H and O–H groups in total. The first-order valence-corrected chi connectivity index (χ1v) is 8.05. The Labute approximate surface area is 111 Å². The van der Waals surface area contributed by atoms with Crippen LogP contribution in [0.5, 0.6) is 0 Å². The monoisotopic (exact) mass is 249 g/mol. The van der Waals surface area contributed by atoms with E-state index in [0.29, 0.717) is 17.6 Å². The van der Waals surface area contributed by atoms with Crippen molar-refractivity contribution < 1.29 is 4.74 Å². The second-order valence-corrected chi connectivity index (χ2v) is 7.76. The SMILES string of the molecule is CC1(C)C(NC(C2CC2)C2CC2)C2CCCOC21. The van der Waals surface area contributed by atoms with Crippen molar-refractivity contribution >= 4 is 0 Å². The third kappa shape index (κ3) is 1.76. The van der Waals surface area contributed by atoms with Crippen molar-refractivity contribution in [2.45, 2.75) is 70.6 Å². The van der Waals surface area contributed by atoms with Crippen LogP contribution < -0.4 is 5.32 Å². The maximum Gasteiger partial charge on any atom is 0.0684 e. The molecule has 0 aromatic heterocycles. The highest BCUT2D eigenvalue weighted by molar-refractivity contribution is 5.12. The van der Waals surface area contributed by atoms with E-state index >= 15 is 0 Å². The highest BCUT2D eigenvalue weighted by atomic mass is 16.5. The molecule has 4 rings (SSSR count). The first kappa shape index (κ1) is 11.7. The first-order chi connectivity index (χ1) is 8.68. The number of hydrogen-bond donors (Lipinski definition) is 1. The summed E-state index contributed by atoms with van der Waals surface area (Å²) in [7, 11) is 0. The fraction of sp³-hybridized carbons (Fsp3) is 1.00. The Balaban J connectivity index is 1.46. The maximum atomic E-state index is 6.02. The third-order valence-corrected chi connectivity index (χ3v) is 5.96. The normalized spacial score (nSPS) is 42.5. The molecule has 4 fully saturated rings. The summed E-state index contributed by atoms with van der Waals surface area (Å²) in [4.78, 5) is 0. The predicted molar refractivity (Wildman–Crippen MR) is 72.4 cm³/mol. The minimum atomic E-state index is 0.354. The van der Waals surface area contributed by atoms with E-state index in [1.165, 1.54) is 38.5 Å².